The van der Waals surface area contributed by atoms with Crippen molar-refractivity contribution < 1.29 is 4.79 Å². The molecule has 2 aromatic rings. The summed E-state index contributed by atoms with van der Waals surface area (Å²) in [5.74, 6) is -0.122. The molecule has 0 bridgehead atoms. The van der Waals surface area contributed by atoms with E-state index >= 15 is 0 Å². The van der Waals surface area contributed by atoms with E-state index in [1.165, 1.54) is 4.90 Å². The van der Waals surface area contributed by atoms with E-state index in [1.54, 1.807) is 13.1 Å². The zero-order valence-corrected chi connectivity index (χ0v) is 9.55. The van der Waals surface area contributed by atoms with Gasteiger partial charge in [-0.25, -0.2) is 0 Å². The second kappa shape index (κ2) is 4.67. The molecule has 84 valence electrons. The molecular weight excluding hydrogens is 212 g/mol. The summed E-state index contributed by atoms with van der Waals surface area (Å²) in [5, 5.41) is 10.6. The molecule has 0 unspecified atom stereocenters. The van der Waals surface area contributed by atoms with Gasteiger partial charge in [0.15, 0.2) is 0 Å². The number of hydrogen-bond acceptors (Lipinski definition) is 2. The van der Waals surface area contributed by atoms with Crippen molar-refractivity contribution in [2.75, 3.05) is 13.6 Å². The highest BCUT2D eigenvalue weighted by Crippen LogP contribution is 2.19. The fraction of sp³-hybridized carbons (Fsp3) is 0.143. The quantitative estimate of drug-likeness (QED) is 0.735. The Hall–Kier alpha value is -2.34. The molecule has 0 heterocycles. The molecule has 0 aliphatic heterocycles. The smallest absolute Gasteiger partial charge is 0.255 e. The van der Waals surface area contributed by atoms with Gasteiger partial charge in [-0.2, -0.15) is 5.26 Å². The van der Waals surface area contributed by atoms with E-state index in [-0.39, 0.29) is 12.5 Å². The van der Waals surface area contributed by atoms with Crippen LogP contribution in [0.25, 0.3) is 10.8 Å². The van der Waals surface area contributed by atoms with E-state index in [2.05, 4.69) is 0 Å². The lowest BCUT2D eigenvalue weighted by molar-refractivity contribution is 0.0814. The van der Waals surface area contributed by atoms with Gasteiger partial charge < -0.3 is 4.90 Å². The Bertz CT molecular complexity index is 593. The van der Waals surface area contributed by atoms with Gasteiger partial charge >= 0.3 is 0 Å². The van der Waals surface area contributed by atoms with Crippen molar-refractivity contribution in [3.05, 3.63) is 48.0 Å². The number of hydrogen-bond donors (Lipinski definition) is 0. The van der Waals surface area contributed by atoms with Gasteiger partial charge in [0.05, 0.1) is 6.07 Å². The van der Waals surface area contributed by atoms with Gasteiger partial charge in [0, 0.05) is 12.6 Å². The summed E-state index contributed by atoms with van der Waals surface area (Å²) in [6, 6.07) is 15.3. The molecule has 17 heavy (non-hydrogen) atoms. The maximum atomic E-state index is 12.1. The number of amides is 1. The predicted molar refractivity (Wildman–Crippen MR) is 66.5 cm³/mol. The van der Waals surface area contributed by atoms with Crippen LogP contribution in [-0.2, 0) is 0 Å². The van der Waals surface area contributed by atoms with Crippen LogP contribution in [0.5, 0.6) is 0 Å². The van der Waals surface area contributed by atoms with Crippen LogP contribution in [0, 0.1) is 11.3 Å². The first-order chi connectivity index (χ1) is 8.24. The molecule has 0 saturated carbocycles. The van der Waals surface area contributed by atoms with Crippen molar-refractivity contribution in [1.29, 1.82) is 5.26 Å². The second-order valence-electron chi connectivity index (χ2n) is 3.85. The van der Waals surface area contributed by atoms with Crippen molar-refractivity contribution >= 4 is 16.7 Å². The van der Waals surface area contributed by atoms with Crippen molar-refractivity contribution in [2.24, 2.45) is 0 Å². The Kier molecular flexibility index (Phi) is 3.06. The summed E-state index contributed by atoms with van der Waals surface area (Å²) in [7, 11) is 1.63. The molecule has 0 N–H and O–H groups in total. The van der Waals surface area contributed by atoms with Crippen LogP contribution >= 0.6 is 0 Å². The lowest BCUT2D eigenvalue weighted by Gasteiger charge is -2.14. The third-order valence-corrected chi connectivity index (χ3v) is 2.67. The molecule has 0 fully saturated rings. The molecule has 2 rings (SSSR count). The Morgan fingerprint density at radius 3 is 2.71 bits per heavy atom. The number of nitriles is 1. The minimum atomic E-state index is -0.122. The van der Waals surface area contributed by atoms with E-state index in [1.807, 2.05) is 42.5 Å². The van der Waals surface area contributed by atoms with E-state index < -0.39 is 0 Å². The van der Waals surface area contributed by atoms with Gasteiger partial charge in [-0.1, -0.05) is 36.4 Å². The molecule has 0 aliphatic carbocycles. The van der Waals surface area contributed by atoms with Gasteiger partial charge in [0.1, 0.15) is 6.54 Å². The van der Waals surface area contributed by atoms with Gasteiger partial charge in [-0.3, -0.25) is 4.79 Å². The van der Waals surface area contributed by atoms with E-state index in [9.17, 15) is 4.79 Å². The Balaban J connectivity index is 2.49. The van der Waals surface area contributed by atoms with Crippen molar-refractivity contribution in [2.45, 2.75) is 0 Å². The molecular formula is C14H12N2O. The molecule has 1 amide bonds. The third-order valence-electron chi connectivity index (χ3n) is 2.67. The average Bonchev–Trinajstić information content (AvgIpc) is 2.37. The Morgan fingerprint density at radius 2 is 1.94 bits per heavy atom. The van der Waals surface area contributed by atoms with Gasteiger partial charge in [0.25, 0.3) is 5.91 Å². The highest BCUT2D eigenvalue weighted by atomic mass is 16.2. The Labute approximate surface area is 99.9 Å². The first-order valence-corrected chi connectivity index (χ1v) is 5.34. The molecule has 0 spiro atoms. The number of carbonyl (C=O) groups excluding carboxylic acids is 1. The number of fused-ring (bicyclic) bond motifs is 1. The Morgan fingerprint density at radius 1 is 1.24 bits per heavy atom. The normalized spacial score (nSPS) is 9.88. The van der Waals surface area contributed by atoms with E-state index in [0.717, 1.165) is 10.8 Å². The van der Waals surface area contributed by atoms with Gasteiger partial charge in [0.2, 0.25) is 0 Å². The number of rotatable bonds is 2. The standard InChI is InChI=1S/C14H12N2O/c1-16(10-9-15)14(17)13-8-4-6-11-5-2-3-7-12(11)13/h2-8H,10H2,1H3. The fourth-order valence-electron chi connectivity index (χ4n) is 1.80. The van der Waals surface area contributed by atoms with Gasteiger partial charge in [-0.15, -0.1) is 0 Å². The lowest BCUT2D eigenvalue weighted by Crippen LogP contribution is -2.27. The number of nitrogens with zero attached hydrogens (tertiary/aromatic N) is 2. The monoisotopic (exact) mass is 224 g/mol. The van der Waals surface area contributed by atoms with Gasteiger partial charge in [-0.05, 0) is 16.8 Å². The van der Waals surface area contributed by atoms with Crippen LogP contribution in [0.1, 0.15) is 10.4 Å². The summed E-state index contributed by atoms with van der Waals surface area (Å²) < 4.78 is 0. The molecule has 3 heteroatoms. The highest BCUT2D eigenvalue weighted by Gasteiger charge is 2.13. The molecule has 0 saturated heterocycles. The van der Waals surface area contributed by atoms with Crippen LogP contribution in [-0.4, -0.2) is 24.4 Å². The third kappa shape index (κ3) is 2.11. The lowest BCUT2D eigenvalue weighted by atomic mass is 10.0. The van der Waals surface area contributed by atoms with E-state index in [4.69, 9.17) is 5.26 Å². The van der Waals surface area contributed by atoms with Crippen LogP contribution in [0.15, 0.2) is 42.5 Å². The minimum Gasteiger partial charge on any atom is -0.328 e. The molecule has 0 radical (unpaired) electrons. The summed E-state index contributed by atoms with van der Waals surface area (Å²) in [4.78, 5) is 13.5. The molecule has 0 aromatic heterocycles. The second-order valence-corrected chi connectivity index (χ2v) is 3.85. The minimum absolute atomic E-state index is 0.0993. The largest absolute Gasteiger partial charge is 0.328 e. The SMILES string of the molecule is CN(CC#N)C(=O)c1cccc2ccccc12. The number of carbonyl (C=O) groups is 1. The molecule has 3 nitrogen and oxygen atoms in total. The molecule has 2 aromatic carbocycles. The maximum Gasteiger partial charge on any atom is 0.255 e. The van der Waals surface area contributed by atoms with Crippen LogP contribution in [0.3, 0.4) is 0 Å². The summed E-state index contributed by atoms with van der Waals surface area (Å²) in [6.45, 7) is 0.0993. The molecule has 0 aliphatic rings. The van der Waals surface area contributed by atoms with Crippen molar-refractivity contribution in [3.8, 4) is 6.07 Å². The molecule has 0 atom stereocenters. The zero-order valence-electron chi connectivity index (χ0n) is 9.55. The average molecular weight is 224 g/mol. The zero-order chi connectivity index (χ0) is 12.3. The van der Waals surface area contributed by atoms with Crippen molar-refractivity contribution in [1.82, 2.24) is 4.90 Å². The maximum absolute atomic E-state index is 12.1. The number of benzene rings is 2. The van der Waals surface area contributed by atoms with Crippen LogP contribution in [0.2, 0.25) is 0 Å². The highest BCUT2D eigenvalue weighted by molar-refractivity contribution is 6.06. The van der Waals surface area contributed by atoms with E-state index in [0.29, 0.717) is 5.56 Å². The topological polar surface area (TPSA) is 44.1 Å². The van der Waals surface area contributed by atoms with Crippen LogP contribution < -0.4 is 0 Å². The van der Waals surface area contributed by atoms with Crippen LogP contribution in [0.4, 0.5) is 0 Å². The fourth-order valence-corrected chi connectivity index (χ4v) is 1.80. The first kappa shape index (κ1) is 11.2. The van der Waals surface area contributed by atoms with Crippen molar-refractivity contribution in [3.63, 3.8) is 0 Å². The summed E-state index contributed by atoms with van der Waals surface area (Å²) in [5.41, 5.74) is 0.640. The summed E-state index contributed by atoms with van der Waals surface area (Å²) in [6.07, 6.45) is 0. The summed E-state index contributed by atoms with van der Waals surface area (Å²) >= 11 is 0. The first-order valence-electron chi connectivity index (χ1n) is 5.34. The predicted octanol–water partition coefficient (Wildman–Crippen LogP) is 2.44.